The van der Waals surface area contributed by atoms with Gasteiger partial charge in [-0.1, -0.05) is 66.4 Å². The number of thioether (sulfide) groups is 1. The molecular formula is C25H24N4O2S. The van der Waals surface area contributed by atoms with Crippen LogP contribution in [0.5, 0.6) is 5.75 Å². The number of hydrogen-bond donors (Lipinski definition) is 1. The summed E-state index contributed by atoms with van der Waals surface area (Å²) in [6.45, 7) is 1.04. The van der Waals surface area contributed by atoms with Crippen molar-refractivity contribution >= 4 is 17.7 Å². The molecular weight excluding hydrogens is 420 g/mol. The maximum atomic E-state index is 12.3. The Balaban J connectivity index is 1.39. The lowest BCUT2D eigenvalue weighted by molar-refractivity contribution is 0.0954. The summed E-state index contributed by atoms with van der Waals surface area (Å²) < 4.78 is 7.83. The fourth-order valence-electron chi connectivity index (χ4n) is 3.18. The van der Waals surface area contributed by atoms with Crippen molar-refractivity contribution in [2.45, 2.75) is 11.6 Å². The van der Waals surface area contributed by atoms with Crippen LogP contribution in [0, 0.1) is 0 Å². The van der Waals surface area contributed by atoms with Crippen LogP contribution in [-0.2, 0) is 6.42 Å². The quantitative estimate of drug-likeness (QED) is 0.290. The largest absolute Gasteiger partial charge is 0.493 e. The molecule has 162 valence electrons. The minimum absolute atomic E-state index is 0.0935. The van der Waals surface area contributed by atoms with E-state index in [-0.39, 0.29) is 5.91 Å². The van der Waals surface area contributed by atoms with Gasteiger partial charge >= 0.3 is 0 Å². The molecule has 0 bridgehead atoms. The van der Waals surface area contributed by atoms with E-state index in [1.54, 1.807) is 23.9 Å². The summed E-state index contributed by atoms with van der Waals surface area (Å²) in [5, 5.41) is 12.6. The highest BCUT2D eigenvalue weighted by molar-refractivity contribution is 7.99. The van der Waals surface area contributed by atoms with E-state index in [4.69, 9.17) is 4.74 Å². The summed E-state index contributed by atoms with van der Waals surface area (Å²) in [7, 11) is 0. The molecule has 4 aromatic rings. The smallest absolute Gasteiger partial charge is 0.251 e. The second-order valence-corrected chi connectivity index (χ2v) is 8.01. The second kappa shape index (κ2) is 11.2. The first-order valence-electron chi connectivity index (χ1n) is 10.4. The zero-order chi connectivity index (χ0) is 22.0. The van der Waals surface area contributed by atoms with Gasteiger partial charge in [0.15, 0.2) is 5.16 Å². The molecule has 0 unspecified atom stereocenters. The minimum Gasteiger partial charge on any atom is -0.493 e. The normalized spacial score (nSPS) is 10.6. The van der Waals surface area contributed by atoms with Gasteiger partial charge in [0.1, 0.15) is 11.6 Å². The van der Waals surface area contributed by atoms with Crippen LogP contribution in [0.3, 0.4) is 0 Å². The van der Waals surface area contributed by atoms with Gasteiger partial charge in [0.2, 0.25) is 0 Å². The topological polar surface area (TPSA) is 69.0 Å². The zero-order valence-corrected chi connectivity index (χ0v) is 18.4. The Hall–Kier alpha value is -3.58. The summed E-state index contributed by atoms with van der Waals surface area (Å²) in [6, 6.07) is 29.0. The number of nitrogens with one attached hydrogen (secondary N) is 1. The van der Waals surface area contributed by atoms with E-state index < -0.39 is 0 Å². The van der Waals surface area contributed by atoms with Crippen molar-refractivity contribution in [3.63, 3.8) is 0 Å². The van der Waals surface area contributed by atoms with E-state index in [2.05, 4.69) is 15.5 Å². The van der Waals surface area contributed by atoms with Crippen LogP contribution < -0.4 is 10.1 Å². The molecule has 6 nitrogen and oxygen atoms in total. The highest BCUT2D eigenvalue weighted by atomic mass is 32.2. The first kappa shape index (κ1) is 21.6. The summed E-state index contributed by atoms with van der Waals surface area (Å²) in [4.78, 5) is 12.3. The highest BCUT2D eigenvalue weighted by Crippen LogP contribution is 2.22. The van der Waals surface area contributed by atoms with Crippen molar-refractivity contribution in [3.05, 3.63) is 102 Å². The van der Waals surface area contributed by atoms with E-state index >= 15 is 0 Å². The minimum atomic E-state index is -0.0935. The number of amides is 1. The molecule has 1 heterocycles. The lowest BCUT2D eigenvalue weighted by Gasteiger charge is -2.11. The summed E-state index contributed by atoms with van der Waals surface area (Å²) in [5.74, 6) is 2.30. The van der Waals surface area contributed by atoms with Crippen LogP contribution >= 0.6 is 11.8 Å². The average Bonchev–Trinajstić information content (AvgIpc) is 3.26. The lowest BCUT2D eigenvalue weighted by Crippen LogP contribution is -2.26. The average molecular weight is 445 g/mol. The third-order valence-corrected chi connectivity index (χ3v) is 5.60. The molecule has 0 aliphatic carbocycles. The van der Waals surface area contributed by atoms with Crippen molar-refractivity contribution in [1.29, 1.82) is 0 Å². The molecule has 0 radical (unpaired) electrons. The molecule has 0 saturated carbocycles. The molecule has 0 aliphatic heterocycles. The molecule has 0 fully saturated rings. The Labute approximate surface area is 191 Å². The molecule has 7 heteroatoms. The number of hydrogen-bond acceptors (Lipinski definition) is 5. The molecule has 3 aromatic carbocycles. The van der Waals surface area contributed by atoms with Crippen LogP contribution in [-0.4, -0.2) is 39.6 Å². The van der Waals surface area contributed by atoms with Crippen molar-refractivity contribution in [3.8, 4) is 11.4 Å². The standard InChI is InChI=1S/C25H24N4O2S/c30-24(20-10-4-1-5-11-20)26-17-16-23-27-28-25(29(23)21-12-6-2-7-13-21)32-19-18-31-22-14-8-3-9-15-22/h1-15H,16-19H2,(H,26,30). The fraction of sp³-hybridized carbons (Fsp3) is 0.160. The molecule has 0 spiro atoms. The number of rotatable bonds is 10. The Kier molecular flexibility index (Phi) is 7.55. The van der Waals surface area contributed by atoms with Gasteiger partial charge in [-0.2, -0.15) is 0 Å². The SMILES string of the molecule is O=C(NCCc1nnc(SCCOc2ccccc2)n1-c1ccccc1)c1ccccc1. The van der Waals surface area contributed by atoms with Gasteiger partial charge < -0.3 is 10.1 Å². The third-order valence-electron chi connectivity index (χ3n) is 4.71. The van der Waals surface area contributed by atoms with Gasteiger partial charge in [-0.05, 0) is 36.4 Å². The van der Waals surface area contributed by atoms with Crippen molar-refractivity contribution in [2.75, 3.05) is 18.9 Å². The number of aromatic nitrogens is 3. The predicted octanol–water partition coefficient (Wildman–Crippen LogP) is 4.41. The van der Waals surface area contributed by atoms with Crippen LogP contribution in [0.1, 0.15) is 16.2 Å². The van der Waals surface area contributed by atoms with Gasteiger partial charge in [0.05, 0.1) is 6.61 Å². The second-order valence-electron chi connectivity index (χ2n) is 6.95. The predicted molar refractivity (Wildman–Crippen MR) is 126 cm³/mol. The van der Waals surface area contributed by atoms with Crippen molar-refractivity contribution < 1.29 is 9.53 Å². The number of ether oxygens (including phenoxy) is 1. The molecule has 32 heavy (non-hydrogen) atoms. The number of carbonyl (C=O) groups excluding carboxylic acids is 1. The van der Waals surface area contributed by atoms with Gasteiger partial charge in [-0.25, -0.2) is 0 Å². The highest BCUT2D eigenvalue weighted by Gasteiger charge is 2.15. The van der Waals surface area contributed by atoms with E-state index in [0.29, 0.717) is 25.1 Å². The molecule has 0 aliphatic rings. The van der Waals surface area contributed by atoms with Crippen LogP contribution in [0.25, 0.3) is 5.69 Å². The van der Waals surface area contributed by atoms with E-state index in [9.17, 15) is 4.79 Å². The van der Waals surface area contributed by atoms with Gasteiger partial charge in [0, 0.05) is 30.0 Å². The van der Waals surface area contributed by atoms with Gasteiger partial charge in [0.25, 0.3) is 5.91 Å². The van der Waals surface area contributed by atoms with Crippen LogP contribution in [0.15, 0.2) is 96.2 Å². The summed E-state index contributed by atoms with van der Waals surface area (Å²) in [5.41, 5.74) is 1.64. The Morgan fingerprint density at radius 1 is 0.875 bits per heavy atom. The number of benzene rings is 3. The Morgan fingerprint density at radius 2 is 1.53 bits per heavy atom. The first-order chi connectivity index (χ1) is 15.8. The maximum Gasteiger partial charge on any atom is 0.251 e. The summed E-state index contributed by atoms with van der Waals surface area (Å²) in [6.07, 6.45) is 0.571. The third kappa shape index (κ3) is 5.76. The molecule has 0 atom stereocenters. The van der Waals surface area contributed by atoms with Gasteiger partial charge in [-0.3, -0.25) is 9.36 Å². The lowest BCUT2D eigenvalue weighted by atomic mass is 10.2. The summed E-state index contributed by atoms with van der Waals surface area (Å²) >= 11 is 1.60. The fourth-order valence-corrected chi connectivity index (χ4v) is 3.97. The van der Waals surface area contributed by atoms with Crippen molar-refractivity contribution in [2.24, 2.45) is 0 Å². The van der Waals surface area contributed by atoms with E-state index in [0.717, 1.165) is 28.2 Å². The number of carbonyl (C=O) groups is 1. The van der Waals surface area contributed by atoms with Crippen molar-refractivity contribution in [1.82, 2.24) is 20.1 Å². The molecule has 4 rings (SSSR count). The van der Waals surface area contributed by atoms with E-state index in [1.807, 2.05) is 83.4 Å². The number of para-hydroxylation sites is 2. The zero-order valence-electron chi connectivity index (χ0n) is 17.6. The maximum absolute atomic E-state index is 12.3. The molecule has 1 aromatic heterocycles. The van der Waals surface area contributed by atoms with Gasteiger partial charge in [-0.15, -0.1) is 10.2 Å². The Morgan fingerprint density at radius 3 is 2.25 bits per heavy atom. The van der Waals surface area contributed by atoms with Crippen LogP contribution in [0.4, 0.5) is 0 Å². The van der Waals surface area contributed by atoms with E-state index in [1.165, 1.54) is 0 Å². The first-order valence-corrected chi connectivity index (χ1v) is 11.4. The molecule has 1 N–H and O–H groups in total. The monoisotopic (exact) mass is 444 g/mol. The molecule has 0 saturated heterocycles. The molecule has 1 amide bonds. The number of nitrogens with zero attached hydrogens (tertiary/aromatic N) is 3. The Bertz CT molecular complexity index is 1120. The van der Waals surface area contributed by atoms with Crippen LogP contribution in [0.2, 0.25) is 0 Å².